The third-order valence-corrected chi connectivity index (χ3v) is 4.63. The maximum absolute atomic E-state index is 13.0. The lowest BCUT2D eigenvalue weighted by molar-refractivity contribution is 0.101. The minimum Gasteiger partial charge on any atom is -0.508 e. The van der Waals surface area contributed by atoms with Crippen molar-refractivity contribution >= 4 is 22.5 Å². The number of aromatic hydroxyl groups is 1. The van der Waals surface area contributed by atoms with E-state index in [2.05, 4.69) is 28.9 Å². The van der Waals surface area contributed by atoms with Gasteiger partial charge in [0.05, 0.1) is 0 Å². The number of para-hydroxylation sites is 1. The van der Waals surface area contributed by atoms with E-state index in [9.17, 15) is 9.90 Å². The monoisotopic (exact) mass is 336 g/mol. The van der Waals surface area contributed by atoms with Gasteiger partial charge in [-0.15, -0.1) is 0 Å². The number of unbranched alkanes of at least 4 members (excludes halogenated alkanes) is 1. The van der Waals surface area contributed by atoms with E-state index in [1.165, 1.54) is 0 Å². The average molecular weight is 336 g/mol. The van der Waals surface area contributed by atoms with Gasteiger partial charge in [-0.3, -0.25) is 4.79 Å². The Morgan fingerprint density at radius 1 is 1.16 bits per heavy atom. The topological polar surface area (TPSA) is 54.3 Å². The molecule has 0 saturated heterocycles. The highest BCUT2D eigenvalue weighted by atomic mass is 16.3. The fraction of sp³-hybridized carbons (Fsp3) is 0.286. The van der Waals surface area contributed by atoms with E-state index in [0.29, 0.717) is 5.69 Å². The van der Waals surface area contributed by atoms with Crippen molar-refractivity contribution in [3.05, 3.63) is 59.3 Å². The molecule has 0 spiro atoms. The van der Waals surface area contributed by atoms with E-state index in [-0.39, 0.29) is 11.7 Å². The Hall–Kier alpha value is -2.75. The number of rotatable bonds is 5. The first-order chi connectivity index (χ1) is 12.0. The van der Waals surface area contributed by atoms with Gasteiger partial charge in [-0.2, -0.15) is 0 Å². The summed E-state index contributed by atoms with van der Waals surface area (Å²) in [5.41, 5.74) is 4.36. The van der Waals surface area contributed by atoms with Crippen LogP contribution < -0.4 is 5.32 Å². The first-order valence-electron chi connectivity index (χ1n) is 8.71. The molecule has 1 aromatic heterocycles. The Bertz CT molecular complexity index is 925. The van der Waals surface area contributed by atoms with Crippen LogP contribution in [0.1, 0.15) is 41.4 Å². The predicted molar refractivity (Wildman–Crippen MR) is 102 cm³/mol. The van der Waals surface area contributed by atoms with Crippen molar-refractivity contribution in [1.82, 2.24) is 4.57 Å². The van der Waals surface area contributed by atoms with E-state index < -0.39 is 0 Å². The number of benzene rings is 2. The highest BCUT2D eigenvalue weighted by Gasteiger charge is 2.20. The van der Waals surface area contributed by atoms with Gasteiger partial charge in [-0.05, 0) is 55.7 Å². The highest BCUT2D eigenvalue weighted by Crippen LogP contribution is 2.28. The lowest BCUT2D eigenvalue weighted by atomic mass is 10.1. The number of nitrogens with zero attached hydrogens (tertiary/aromatic N) is 1. The molecule has 0 radical (unpaired) electrons. The average Bonchev–Trinajstić information content (AvgIpc) is 2.88. The van der Waals surface area contributed by atoms with E-state index in [4.69, 9.17) is 0 Å². The summed E-state index contributed by atoms with van der Waals surface area (Å²) in [6.07, 6.45) is 2.10. The summed E-state index contributed by atoms with van der Waals surface area (Å²) in [5, 5.41) is 13.7. The summed E-state index contributed by atoms with van der Waals surface area (Å²) in [4.78, 5) is 13.0. The molecule has 1 amide bonds. The largest absolute Gasteiger partial charge is 0.508 e. The van der Waals surface area contributed by atoms with Gasteiger partial charge < -0.3 is 15.0 Å². The molecule has 3 aromatic rings. The lowest BCUT2D eigenvalue weighted by Crippen LogP contribution is -2.19. The van der Waals surface area contributed by atoms with Crippen molar-refractivity contribution < 1.29 is 9.90 Å². The van der Waals surface area contributed by atoms with Crippen LogP contribution in [0, 0.1) is 13.8 Å². The number of carbonyl (C=O) groups excluding carboxylic acids is 1. The van der Waals surface area contributed by atoms with Gasteiger partial charge in [0.25, 0.3) is 5.91 Å². The third-order valence-electron chi connectivity index (χ3n) is 4.63. The van der Waals surface area contributed by atoms with Crippen molar-refractivity contribution in [1.29, 1.82) is 0 Å². The predicted octanol–water partition coefficient (Wildman–Crippen LogP) is 5.02. The molecule has 25 heavy (non-hydrogen) atoms. The first kappa shape index (κ1) is 17.1. The van der Waals surface area contributed by atoms with Crippen LogP contribution >= 0.6 is 0 Å². The van der Waals surface area contributed by atoms with E-state index in [0.717, 1.165) is 47.1 Å². The number of nitrogens with one attached hydrogen (secondary N) is 1. The van der Waals surface area contributed by atoms with Crippen molar-refractivity contribution in [2.24, 2.45) is 0 Å². The Balaban J connectivity index is 2.04. The molecule has 4 heteroatoms. The van der Waals surface area contributed by atoms with E-state index in [1.54, 1.807) is 18.2 Å². The van der Waals surface area contributed by atoms with Gasteiger partial charge in [0, 0.05) is 23.1 Å². The number of phenolic OH excluding ortho intramolecular Hbond substituents is 1. The van der Waals surface area contributed by atoms with E-state index in [1.807, 2.05) is 26.0 Å². The molecule has 0 atom stereocenters. The third kappa shape index (κ3) is 3.25. The molecule has 2 aromatic carbocycles. The van der Waals surface area contributed by atoms with Gasteiger partial charge >= 0.3 is 0 Å². The number of amides is 1. The summed E-state index contributed by atoms with van der Waals surface area (Å²) in [5.74, 6) is 0.0855. The number of anilines is 1. The lowest BCUT2D eigenvalue weighted by Gasteiger charge is -2.13. The Labute approximate surface area is 148 Å². The van der Waals surface area contributed by atoms with Gasteiger partial charge in [-0.25, -0.2) is 0 Å². The van der Waals surface area contributed by atoms with Crippen LogP contribution in [0.15, 0.2) is 42.5 Å². The van der Waals surface area contributed by atoms with Crippen molar-refractivity contribution in [3.8, 4) is 5.75 Å². The molecule has 3 rings (SSSR count). The van der Waals surface area contributed by atoms with Crippen LogP contribution in [0.3, 0.4) is 0 Å². The van der Waals surface area contributed by atoms with Crippen LogP contribution in [-0.4, -0.2) is 15.6 Å². The van der Waals surface area contributed by atoms with Gasteiger partial charge in [0.1, 0.15) is 11.4 Å². The second-order valence-electron chi connectivity index (χ2n) is 6.45. The molecular weight excluding hydrogens is 312 g/mol. The quantitative estimate of drug-likeness (QED) is 0.643. The van der Waals surface area contributed by atoms with Crippen molar-refractivity contribution in [2.45, 2.75) is 40.2 Å². The number of hydrogen-bond acceptors (Lipinski definition) is 2. The van der Waals surface area contributed by atoms with Crippen LogP contribution in [0.2, 0.25) is 0 Å². The molecular formula is C21H24N2O2. The SMILES string of the molecule is CCCCn1c(C(=O)Nc2ccc(O)cc2C)c(C)c2ccccc21. The molecule has 0 fully saturated rings. The normalized spacial score (nSPS) is 11.0. The molecule has 0 bridgehead atoms. The van der Waals surface area contributed by atoms with Gasteiger partial charge in [0.15, 0.2) is 0 Å². The molecule has 130 valence electrons. The smallest absolute Gasteiger partial charge is 0.272 e. The summed E-state index contributed by atoms with van der Waals surface area (Å²) in [6, 6.07) is 13.1. The fourth-order valence-corrected chi connectivity index (χ4v) is 3.29. The fourth-order valence-electron chi connectivity index (χ4n) is 3.29. The number of fused-ring (bicyclic) bond motifs is 1. The second kappa shape index (κ2) is 7.01. The van der Waals surface area contributed by atoms with Crippen LogP contribution in [-0.2, 0) is 6.54 Å². The zero-order valence-corrected chi connectivity index (χ0v) is 15.0. The molecule has 0 saturated carbocycles. The number of phenols is 1. The Kier molecular flexibility index (Phi) is 4.79. The maximum Gasteiger partial charge on any atom is 0.272 e. The van der Waals surface area contributed by atoms with Crippen molar-refractivity contribution in [2.75, 3.05) is 5.32 Å². The Morgan fingerprint density at radius 2 is 1.92 bits per heavy atom. The van der Waals surface area contributed by atoms with Crippen molar-refractivity contribution in [3.63, 3.8) is 0 Å². The molecule has 0 aliphatic carbocycles. The number of aryl methyl sites for hydroxylation is 3. The van der Waals surface area contributed by atoms with Gasteiger partial charge in [0.2, 0.25) is 0 Å². The number of carbonyl (C=O) groups is 1. The summed E-state index contributed by atoms with van der Waals surface area (Å²) in [7, 11) is 0. The first-order valence-corrected chi connectivity index (χ1v) is 8.71. The summed E-state index contributed by atoms with van der Waals surface area (Å²) >= 11 is 0. The summed E-state index contributed by atoms with van der Waals surface area (Å²) < 4.78 is 2.12. The zero-order valence-electron chi connectivity index (χ0n) is 15.0. The van der Waals surface area contributed by atoms with Crippen LogP contribution in [0.5, 0.6) is 5.75 Å². The zero-order chi connectivity index (χ0) is 18.0. The van der Waals surface area contributed by atoms with Crippen LogP contribution in [0.25, 0.3) is 10.9 Å². The Morgan fingerprint density at radius 3 is 2.64 bits per heavy atom. The molecule has 0 aliphatic rings. The van der Waals surface area contributed by atoms with Gasteiger partial charge in [-0.1, -0.05) is 31.5 Å². The van der Waals surface area contributed by atoms with Crippen LogP contribution in [0.4, 0.5) is 5.69 Å². The molecule has 2 N–H and O–H groups in total. The number of hydrogen-bond donors (Lipinski definition) is 2. The summed E-state index contributed by atoms with van der Waals surface area (Å²) in [6.45, 7) is 6.85. The minimum absolute atomic E-state index is 0.112. The number of aromatic nitrogens is 1. The highest BCUT2D eigenvalue weighted by molar-refractivity contribution is 6.08. The standard InChI is InChI=1S/C21H24N2O2/c1-4-5-12-23-19-9-7-6-8-17(19)15(3)20(23)21(25)22-18-11-10-16(24)13-14(18)2/h6-11,13,24H,4-5,12H2,1-3H3,(H,22,25). The molecule has 0 unspecified atom stereocenters. The maximum atomic E-state index is 13.0. The second-order valence-corrected chi connectivity index (χ2v) is 6.45. The molecule has 4 nitrogen and oxygen atoms in total. The molecule has 1 heterocycles. The van der Waals surface area contributed by atoms with E-state index >= 15 is 0 Å². The minimum atomic E-state index is -0.112. The molecule has 0 aliphatic heterocycles.